The van der Waals surface area contributed by atoms with Gasteiger partial charge in [-0.1, -0.05) is 272 Å². The Kier molecular flexibility index (Phi) is 57.8. The number of hydrogen-bond donors (Lipinski definition) is 0. The lowest BCUT2D eigenvalue weighted by molar-refractivity contribution is -0.167. The zero-order chi connectivity index (χ0) is 52.9. The van der Waals surface area contributed by atoms with E-state index < -0.39 is 6.10 Å². The first kappa shape index (κ1) is 69.3. The number of ether oxygens (including phenoxy) is 3. The van der Waals surface area contributed by atoms with Crippen LogP contribution in [0.1, 0.15) is 290 Å². The molecule has 0 radical (unpaired) electrons. The second-order valence-electron chi connectivity index (χ2n) is 20.2. The van der Waals surface area contributed by atoms with Gasteiger partial charge in [0.2, 0.25) is 0 Å². The minimum atomic E-state index is -0.805. The molecular formula is C67H114O6. The molecule has 6 heteroatoms. The number of carbonyl (C=O) groups excluding carboxylic acids is 3. The van der Waals surface area contributed by atoms with Crippen molar-refractivity contribution in [3.05, 3.63) is 97.2 Å². The van der Waals surface area contributed by atoms with Crippen molar-refractivity contribution in [3.63, 3.8) is 0 Å². The lowest BCUT2D eigenvalue weighted by Crippen LogP contribution is -2.30. The minimum absolute atomic E-state index is 0.0997. The predicted octanol–water partition coefficient (Wildman–Crippen LogP) is 20.9. The van der Waals surface area contributed by atoms with Crippen LogP contribution in [0.25, 0.3) is 0 Å². The van der Waals surface area contributed by atoms with E-state index in [1.54, 1.807) is 0 Å². The molecule has 0 aliphatic carbocycles. The molecule has 0 N–H and O–H groups in total. The van der Waals surface area contributed by atoms with E-state index in [0.29, 0.717) is 19.3 Å². The van der Waals surface area contributed by atoms with Gasteiger partial charge in [0.25, 0.3) is 0 Å². The smallest absolute Gasteiger partial charge is 0.306 e. The fraction of sp³-hybridized carbons (Fsp3) is 0.716. The molecule has 0 saturated carbocycles. The van der Waals surface area contributed by atoms with Crippen molar-refractivity contribution < 1.29 is 28.6 Å². The van der Waals surface area contributed by atoms with Gasteiger partial charge >= 0.3 is 17.9 Å². The van der Waals surface area contributed by atoms with E-state index in [1.807, 2.05) is 0 Å². The van der Waals surface area contributed by atoms with Gasteiger partial charge < -0.3 is 14.2 Å². The van der Waals surface area contributed by atoms with E-state index in [-0.39, 0.29) is 37.5 Å². The van der Waals surface area contributed by atoms with Gasteiger partial charge in [0.15, 0.2) is 6.10 Å². The zero-order valence-corrected chi connectivity index (χ0v) is 47.9. The molecule has 0 rings (SSSR count). The van der Waals surface area contributed by atoms with Crippen molar-refractivity contribution in [2.24, 2.45) is 0 Å². The van der Waals surface area contributed by atoms with Crippen LogP contribution in [0.15, 0.2) is 97.2 Å². The fourth-order valence-corrected chi connectivity index (χ4v) is 8.49. The summed E-state index contributed by atoms with van der Waals surface area (Å²) in [6, 6.07) is 0. The quantitative estimate of drug-likeness (QED) is 0.0261. The number of rotatable bonds is 55. The molecule has 1 unspecified atom stereocenters. The molecule has 0 aromatic heterocycles. The van der Waals surface area contributed by atoms with Crippen LogP contribution in [0.5, 0.6) is 0 Å². The van der Waals surface area contributed by atoms with Gasteiger partial charge in [-0.3, -0.25) is 14.4 Å². The minimum Gasteiger partial charge on any atom is -0.462 e. The Balaban J connectivity index is 4.13. The van der Waals surface area contributed by atoms with Crippen LogP contribution in [0.4, 0.5) is 0 Å². The van der Waals surface area contributed by atoms with E-state index in [2.05, 4.69) is 118 Å². The Bertz CT molecular complexity index is 1440. The second-order valence-corrected chi connectivity index (χ2v) is 20.2. The van der Waals surface area contributed by atoms with Gasteiger partial charge in [-0.2, -0.15) is 0 Å². The van der Waals surface area contributed by atoms with Gasteiger partial charge in [0, 0.05) is 19.3 Å². The molecule has 0 aromatic carbocycles. The van der Waals surface area contributed by atoms with E-state index in [0.717, 1.165) is 103 Å². The summed E-state index contributed by atoms with van der Waals surface area (Å²) in [6.45, 7) is 6.41. The Hall–Kier alpha value is -3.67. The highest BCUT2D eigenvalue weighted by molar-refractivity contribution is 5.71. The standard InChI is InChI=1S/C67H114O6/c1-4-7-10-13-15-17-19-21-23-25-27-29-31-32-33-34-36-37-39-41-43-45-47-49-51-54-57-60-66(69)72-63-64(62-71-65(68)59-56-53-12-9-6-3)73-67(70)61-58-55-52-50-48-46-44-42-40-38-35-30-28-26-24-22-20-18-16-14-11-8-5-2/h8,11,16,18,22,24-25,27-28,30,38,40,44,46,50,52,64H,4-7,9-10,12-15,17,19-21,23,26,29,31-37,39,41-43,45,47-49,51,53-63H2,1-3H3/b11-8-,18-16-,24-22-,27-25-,30-28-,40-38-,46-44-,52-50-. The monoisotopic (exact) mass is 1010 g/mol. The van der Waals surface area contributed by atoms with Gasteiger partial charge in [0.05, 0.1) is 0 Å². The maximum Gasteiger partial charge on any atom is 0.306 e. The van der Waals surface area contributed by atoms with Gasteiger partial charge in [0.1, 0.15) is 13.2 Å². The maximum atomic E-state index is 12.8. The first-order valence-corrected chi connectivity index (χ1v) is 30.7. The average Bonchev–Trinajstić information content (AvgIpc) is 3.39. The van der Waals surface area contributed by atoms with E-state index in [4.69, 9.17) is 14.2 Å². The van der Waals surface area contributed by atoms with Gasteiger partial charge in [-0.05, 0) is 96.3 Å². The second kappa shape index (κ2) is 60.9. The van der Waals surface area contributed by atoms with Crippen molar-refractivity contribution in [2.45, 2.75) is 297 Å². The third kappa shape index (κ3) is 59.1. The van der Waals surface area contributed by atoms with E-state index >= 15 is 0 Å². The van der Waals surface area contributed by atoms with Crippen LogP contribution >= 0.6 is 0 Å². The molecule has 0 fully saturated rings. The SMILES string of the molecule is CC/C=C\C/C=C\C/C=C\C/C=C\C/C=C\C/C=C\C/C=C\CCCC(=O)OC(COC(=O)CCCCCCC)COC(=O)CCCCCCCCCCCCCCCCC/C=C\CCCCCCCCCC. The molecular weight excluding hydrogens is 901 g/mol. The van der Waals surface area contributed by atoms with E-state index in [9.17, 15) is 14.4 Å². The molecule has 73 heavy (non-hydrogen) atoms. The molecule has 0 aliphatic rings. The molecule has 0 bridgehead atoms. The van der Waals surface area contributed by atoms with Crippen LogP contribution in [0.3, 0.4) is 0 Å². The molecule has 0 aliphatic heterocycles. The summed E-state index contributed by atoms with van der Waals surface area (Å²) >= 11 is 0. The van der Waals surface area contributed by atoms with Gasteiger partial charge in [-0.15, -0.1) is 0 Å². The normalized spacial score (nSPS) is 12.8. The summed E-state index contributed by atoms with van der Waals surface area (Å²) in [5.41, 5.74) is 0. The number of unbranched alkanes of at least 4 members (excludes halogenated alkanes) is 28. The predicted molar refractivity (Wildman–Crippen MR) is 316 cm³/mol. The molecule has 6 nitrogen and oxygen atoms in total. The number of esters is 3. The fourth-order valence-electron chi connectivity index (χ4n) is 8.49. The Morgan fingerprint density at radius 2 is 0.548 bits per heavy atom. The van der Waals surface area contributed by atoms with Crippen LogP contribution in [-0.2, 0) is 28.6 Å². The Morgan fingerprint density at radius 1 is 0.288 bits per heavy atom. The van der Waals surface area contributed by atoms with Crippen LogP contribution < -0.4 is 0 Å². The summed E-state index contributed by atoms with van der Waals surface area (Å²) in [5, 5.41) is 0. The van der Waals surface area contributed by atoms with Crippen molar-refractivity contribution in [1.29, 1.82) is 0 Å². The summed E-state index contributed by atoms with van der Waals surface area (Å²) in [5.74, 6) is -0.970. The third-order valence-electron chi connectivity index (χ3n) is 13.1. The highest BCUT2D eigenvalue weighted by Crippen LogP contribution is 2.16. The maximum absolute atomic E-state index is 12.8. The van der Waals surface area contributed by atoms with Crippen LogP contribution in [-0.4, -0.2) is 37.2 Å². The highest BCUT2D eigenvalue weighted by atomic mass is 16.6. The number of carbonyl (C=O) groups is 3. The first-order chi connectivity index (χ1) is 36.0. The highest BCUT2D eigenvalue weighted by Gasteiger charge is 2.19. The lowest BCUT2D eigenvalue weighted by Gasteiger charge is -2.18. The Labute approximate surface area is 451 Å². The largest absolute Gasteiger partial charge is 0.462 e. The third-order valence-corrected chi connectivity index (χ3v) is 13.1. The molecule has 0 heterocycles. The van der Waals surface area contributed by atoms with Crippen LogP contribution in [0, 0.1) is 0 Å². The first-order valence-electron chi connectivity index (χ1n) is 30.7. The molecule has 0 aromatic rings. The van der Waals surface area contributed by atoms with Crippen LogP contribution in [0.2, 0.25) is 0 Å². The zero-order valence-electron chi connectivity index (χ0n) is 47.9. The average molecular weight is 1020 g/mol. The Morgan fingerprint density at radius 3 is 0.890 bits per heavy atom. The molecule has 1 atom stereocenters. The summed E-state index contributed by atoms with van der Waals surface area (Å²) < 4.78 is 16.7. The topological polar surface area (TPSA) is 78.9 Å². The van der Waals surface area contributed by atoms with E-state index in [1.165, 1.54) is 141 Å². The summed E-state index contributed by atoms with van der Waals surface area (Å²) in [6.07, 6.45) is 81.9. The lowest BCUT2D eigenvalue weighted by atomic mass is 10.0. The molecule has 0 spiro atoms. The molecule has 418 valence electrons. The summed E-state index contributed by atoms with van der Waals surface area (Å²) in [7, 11) is 0. The number of hydrogen-bond acceptors (Lipinski definition) is 6. The van der Waals surface area contributed by atoms with Crippen molar-refractivity contribution >= 4 is 17.9 Å². The summed E-state index contributed by atoms with van der Waals surface area (Å²) in [4.78, 5) is 37.8. The van der Waals surface area contributed by atoms with Crippen molar-refractivity contribution in [1.82, 2.24) is 0 Å². The van der Waals surface area contributed by atoms with Crippen molar-refractivity contribution in [2.75, 3.05) is 13.2 Å². The van der Waals surface area contributed by atoms with Crippen molar-refractivity contribution in [3.8, 4) is 0 Å². The number of allylic oxidation sites excluding steroid dienone is 16. The molecule has 0 saturated heterocycles. The molecule has 0 amide bonds. The van der Waals surface area contributed by atoms with Gasteiger partial charge in [-0.25, -0.2) is 0 Å².